The molecule has 2 N–H and O–H groups in total. The van der Waals surface area contributed by atoms with E-state index < -0.39 is 17.6 Å². The molecule has 0 spiro atoms. The zero-order chi connectivity index (χ0) is 14.7. The predicted octanol–water partition coefficient (Wildman–Crippen LogP) is 3.58. The molecule has 0 radical (unpaired) electrons. The maximum Gasteiger partial charge on any atom is 0.335 e. The molecule has 0 aliphatic rings. The van der Waals surface area contributed by atoms with Crippen molar-refractivity contribution in [2.75, 3.05) is 5.32 Å². The van der Waals surface area contributed by atoms with Gasteiger partial charge in [-0.25, -0.2) is 13.6 Å². The molecule has 20 heavy (non-hydrogen) atoms. The lowest BCUT2D eigenvalue weighted by atomic mass is 10.1. The van der Waals surface area contributed by atoms with Gasteiger partial charge in [-0.2, -0.15) is 0 Å². The molecule has 0 atom stereocenters. The van der Waals surface area contributed by atoms with Gasteiger partial charge >= 0.3 is 5.97 Å². The highest BCUT2D eigenvalue weighted by molar-refractivity contribution is 5.87. The van der Waals surface area contributed by atoms with Crippen LogP contribution in [0.15, 0.2) is 36.4 Å². The molecule has 0 fully saturated rings. The van der Waals surface area contributed by atoms with Gasteiger partial charge in [0.25, 0.3) is 0 Å². The number of aryl methyl sites for hydroxylation is 1. The lowest BCUT2D eigenvalue weighted by Gasteiger charge is -2.09. The maximum atomic E-state index is 13.6. The number of carboxylic acids is 1. The summed E-state index contributed by atoms with van der Waals surface area (Å²) in [6, 6.07) is 8.47. The molecule has 2 rings (SSSR count). The van der Waals surface area contributed by atoms with Crippen LogP contribution >= 0.6 is 0 Å². The van der Waals surface area contributed by atoms with Gasteiger partial charge in [0, 0.05) is 12.6 Å². The van der Waals surface area contributed by atoms with Crippen LogP contribution in [0.1, 0.15) is 21.5 Å². The standard InChI is InChI=1S/C15H13F2NO2/c1-9-5-13(17)14(7-12(9)16)18-8-10-3-2-4-11(6-10)15(19)20/h2-7,18H,8H2,1H3,(H,19,20). The summed E-state index contributed by atoms with van der Waals surface area (Å²) in [6.45, 7) is 1.69. The SMILES string of the molecule is Cc1cc(F)c(NCc2cccc(C(=O)O)c2)cc1F. The Bertz CT molecular complexity index is 656. The first-order chi connectivity index (χ1) is 9.47. The summed E-state index contributed by atoms with van der Waals surface area (Å²) < 4.78 is 27.0. The van der Waals surface area contributed by atoms with E-state index in [-0.39, 0.29) is 23.4 Å². The minimum Gasteiger partial charge on any atom is -0.478 e. The van der Waals surface area contributed by atoms with Gasteiger partial charge in [0.2, 0.25) is 0 Å². The summed E-state index contributed by atoms with van der Waals surface area (Å²) >= 11 is 0. The van der Waals surface area contributed by atoms with Crippen molar-refractivity contribution in [1.29, 1.82) is 0 Å². The molecule has 0 heterocycles. The summed E-state index contributed by atoms with van der Waals surface area (Å²) in [4.78, 5) is 10.8. The largest absolute Gasteiger partial charge is 0.478 e. The fraction of sp³-hybridized carbons (Fsp3) is 0.133. The number of benzene rings is 2. The van der Waals surface area contributed by atoms with Gasteiger partial charge in [0.15, 0.2) is 0 Å². The average Bonchev–Trinajstić information content (AvgIpc) is 2.41. The van der Waals surface area contributed by atoms with Crippen molar-refractivity contribution in [2.24, 2.45) is 0 Å². The Hall–Kier alpha value is -2.43. The third-order valence-corrected chi connectivity index (χ3v) is 2.91. The van der Waals surface area contributed by atoms with Crippen molar-refractivity contribution in [2.45, 2.75) is 13.5 Å². The Morgan fingerprint density at radius 1 is 1.20 bits per heavy atom. The summed E-state index contributed by atoms with van der Waals surface area (Å²) in [5, 5.41) is 11.6. The fourth-order valence-electron chi connectivity index (χ4n) is 1.79. The summed E-state index contributed by atoms with van der Waals surface area (Å²) in [5.41, 5.74) is 1.11. The van der Waals surface area contributed by atoms with Gasteiger partial charge in [-0.3, -0.25) is 0 Å². The molecule has 0 bridgehead atoms. The number of hydrogen-bond acceptors (Lipinski definition) is 2. The second-order valence-electron chi connectivity index (χ2n) is 4.44. The van der Waals surface area contributed by atoms with E-state index in [9.17, 15) is 13.6 Å². The number of aromatic carboxylic acids is 1. The van der Waals surface area contributed by atoms with E-state index in [2.05, 4.69) is 5.32 Å². The maximum absolute atomic E-state index is 13.6. The molecule has 104 valence electrons. The Labute approximate surface area is 114 Å². The molecule has 2 aromatic rings. The Morgan fingerprint density at radius 2 is 1.95 bits per heavy atom. The van der Waals surface area contributed by atoms with Crippen LogP contribution in [0.3, 0.4) is 0 Å². The third-order valence-electron chi connectivity index (χ3n) is 2.91. The van der Waals surface area contributed by atoms with Crippen LogP contribution in [-0.4, -0.2) is 11.1 Å². The van der Waals surface area contributed by atoms with E-state index in [1.807, 2.05) is 0 Å². The fourth-order valence-corrected chi connectivity index (χ4v) is 1.79. The molecule has 0 saturated carbocycles. The molecular formula is C15H13F2NO2. The van der Waals surface area contributed by atoms with Crippen LogP contribution in [-0.2, 0) is 6.54 Å². The lowest BCUT2D eigenvalue weighted by molar-refractivity contribution is 0.0696. The van der Waals surface area contributed by atoms with Crippen LogP contribution in [0.4, 0.5) is 14.5 Å². The van der Waals surface area contributed by atoms with Crippen LogP contribution in [0.25, 0.3) is 0 Å². The van der Waals surface area contributed by atoms with Crippen LogP contribution in [0.5, 0.6) is 0 Å². The lowest BCUT2D eigenvalue weighted by Crippen LogP contribution is -2.04. The van der Waals surface area contributed by atoms with Crippen molar-refractivity contribution in [3.8, 4) is 0 Å². The molecule has 0 saturated heterocycles. The quantitative estimate of drug-likeness (QED) is 0.898. The zero-order valence-corrected chi connectivity index (χ0v) is 10.8. The smallest absolute Gasteiger partial charge is 0.335 e. The first-order valence-electron chi connectivity index (χ1n) is 5.99. The topological polar surface area (TPSA) is 49.3 Å². The number of carbonyl (C=O) groups is 1. The summed E-state index contributed by atoms with van der Waals surface area (Å²) in [7, 11) is 0. The molecule has 0 aliphatic heterocycles. The van der Waals surface area contributed by atoms with Gasteiger partial charge in [-0.15, -0.1) is 0 Å². The zero-order valence-electron chi connectivity index (χ0n) is 10.8. The van der Waals surface area contributed by atoms with Gasteiger partial charge in [0.1, 0.15) is 11.6 Å². The minimum atomic E-state index is -1.03. The van der Waals surface area contributed by atoms with Gasteiger partial charge in [-0.05, 0) is 36.2 Å². The van der Waals surface area contributed by atoms with Crippen molar-refractivity contribution < 1.29 is 18.7 Å². The molecule has 0 aliphatic carbocycles. The molecule has 0 aromatic heterocycles. The molecular weight excluding hydrogens is 264 g/mol. The average molecular weight is 277 g/mol. The molecule has 2 aromatic carbocycles. The highest BCUT2D eigenvalue weighted by atomic mass is 19.1. The second kappa shape index (κ2) is 5.69. The van der Waals surface area contributed by atoms with Crippen molar-refractivity contribution in [3.63, 3.8) is 0 Å². The van der Waals surface area contributed by atoms with E-state index >= 15 is 0 Å². The van der Waals surface area contributed by atoms with Crippen molar-refractivity contribution in [3.05, 3.63) is 64.7 Å². The first-order valence-corrected chi connectivity index (χ1v) is 5.99. The molecule has 0 unspecified atom stereocenters. The monoisotopic (exact) mass is 277 g/mol. The third kappa shape index (κ3) is 3.12. The van der Waals surface area contributed by atoms with Gasteiger partial charge in [-0.1, -0.05) is 12.1 Å². The number of anilines is 1. The normalized spacial score (nSPS) is 10.3. The van der Waals surface area contributed by atoms with Crippen molar-refractivity contribution >= 4 is 11.7 Å². The summed E-state index contributed by atoms with van der Waals surface area (Å²) in [5.74, 6) is -2.06. The highest BCUT2D eigenvalue weighted by Gasteiger charge is 2.08. The molecule has 0 amide bonds. The Morgan fingerprint density at radius 3 is 2.65 bits per heavy atom. The Kier molecular flexibility index (Phi) is 3.98. The molecule has 5 heteroatoms. The van der Waals surface area contributed by atoms with Gasteiger partial charge < -0.3 is 10.4 Å². The highest BCUT2D eigenvalue weighted by Crippen LogP contribution is 2.19. The van der Waals surface area contributed by atoms with E-state index in [1.165, 1.54) is 19.1 Å². The minimum absolute atomic E-state index is 0.0498. The van der Waals surface area contributed by atoms with E-state index in [0.717, 1.165) is 12.1 Å². The van der Waals surface area contributed by atoms with Crippen LogP contribution in [0, 0.1) is 18.6 Å². The number of rotatable bonds is 4. The first kappa shape index (κ1) is 14.0. The predicted molar refractivity (Wildman–Crippen MR) is 71.8 cm³/mol. The second-order valence-corrected chi connectivity index (χ2v) is 4.44. The molecule has 3 nitrogen and oxygen atoms in total. The number of halogens is 2. The van der Waals surface area contributed by atoms with Crippen LogP contribution in [0.2, 0.25) is 0 Å². The number of hydrogen-bond donors (Lipinski definition) is 2. The van der Waals surface area contributed by atoms with Crippen LogP contribution < -0.4 is 5.32 Å². The Balaban J connectivity index is 2.15. The van der Waals surface area contributed by atoms with Crippen molar-refractivity contribution in [1.82, 2.24) is 0 Å². The van der Waals surface area contributed by atoms with Gasteiger partial charge in [0.05, 0.1) is 11.3 Å². The van der Waals surface area contributed by atoms with E-state index in [1.54, 1.807) is 12.1 Å². The number of carboxylic acid groups (broad SMARTS) is 1. The van der Waals surface area contributed by atoms with E-state index in [0.29, 0.717) is 5.56 Å². The summed E-state index contributed by atoms with van der Waals surface area (Å²) in [6.07, 6.45) is 0. The van der Waals surface area contributed by atoms with E-state index in [4.69, 9.17) is 5.11 Å². The number of nitrogens with one attached hydrogen (secondary N) is 1.